The summed E-state index contributed by atoms with van der Waals surface area (Å²) in [7, 11) is 4.02. The molecule has 76 valence electrons. The fourth-order valence-electron chi connectivity index (χ4n) is 2.07. The zero-order chi connectivity index (χ0) is 10.1. The second-order valence-electron chi connectivity index (χ2n) is 4.29. The molecule has 0 fully saturated rings. The largest absolute Gasteiger partial charge is 0.312 e. The molecule has 0 heterocycles. The topological polar surface area (TPSA) is 29.3 Å². The molecule has 2 N–H and O–H groups in total. The molecule has 1 atom stereocenters. The Hall–Kier alpha value is -0.860. The minimum absolute atomic E-state index is 0.0286. The van der Waals surface area contributed by atoms with E-state index in [4.69, 9.17) is 5.73 Å². The van der Waals surface area contributed by atoms with Crippen molar-refractivity contribution < 1.29 is 0 Å². The maximum Gasteiger partial charge on any atom is 0.0830 e. The summed E-state index contributed by atoms with van der Waals surface area (Å²) in [6.07, 6.45) is 3.80. The van der Waals surface area contributed by atoms with E-state index in [1.165, 1.54) is 36.0 Å². The van der Waals surface area contributed by atoms with Crippen LogP contribution in [0.15, 0.2) is 18.2 Å². The summed E-state index contributed by atoms with van der Waals surface area (Å²) in [6, 6.07) is 6.67. The van der Waals surface area contributed by atoms with Gasteiger partial charge in [0.25, 0.3) is 0 Å². The van der Waals surface area contributed by atoms with Gasteiger partial charge in [0.1, 0.15) is 0 Å². The fraction of sp³-hybridized carbons (Fsp3) is 0.500. The first kappa shape index (κ1) is 9.69. The molecule has 0 radical (unpaired) electrons. The van der Waals surface area contributed by atoms with Crippen LogP contribution in [0.5, 0.6) is 0 Å². The van der Waals surface area contributed by atoms with Gasteiger partial charge in [-0.15, -0.1) is 0 Å². The smallest absolute Gasteiger partial charge is 0.0830 e. The zero-order valence-corrected chi connectivity index (χ0v) is 8.96. The number of nitrogens with zero attached hydrogens (tertiary/aromatic N) is 1. The Morgan fingerprint density at radius 2 is 1.93 bits per heavy atom. The summed E-state index contributed by atoms with van der Waals surface area (Å²) >= 11 is 0. The van der Waals surface area contributed by atoms with Gasteiger partial charge in [-0.1, -0.05) is 18.2 Å². The minimum atomic E-state index is 0.0286. The summed E-state index contributed by atoms with van der Waals surface area (Å²) < 4.78 is 0. The highest BCUT2D eigenvalue weighted by Gasteiger charge is 2.14. The summed E-state index contributed by atoms with van der Waals surface area (Å²) in [6.45, 7) is 0. The van der Waals surface area contributed by atoms with Crippen LogP contribution in [0.4, 0.5) is 0 Å². The van der Waals surface area contributed by atoms with Gasteiger partial charge in [0.05, 0.1) is 6.17 Å². The van der Waals surface area contributed by atoms with E-state index < -0.39 is 0 Å². The van der Waals surface area contributed by atoms with Crippen molar-refractivity contribution in [3.63, 3.8) is 0 Å². The molecule has 0 saturated carbocycles. The molecule has 0 aromatic heterocycles. The first-order valence-electron chi connectivity index (χ1n) is 5.22. The summed E-state index contributed by atoms with van der Waals surface area (Å²) in [5.74, 6) is 0. The lowest BCUT2D eigenvalue weighted by atomic mass is 10.0. The Labute approximate surface area is 85.7 Å². The van der Waals surface area contributed by atoms with Gasteiger partial charge in [0.15, 0.2) is 0 Å². The van der Waals surface area contributed by atoms with Gasteiger partial charge in [0.2, 0.25) is 0 Å². The standard InChI is InChI=1S/C12H18N2/c1-14(2)12(13)11-7-6-9-4-3-5-10(9)8-11/h6-8,12H,3-5,13H2,1-2H3. The lowest BCUT2D eigenvalue weighted by Crippen LogP contribution is -2.27. The average molecular weight is 190 g/mol. The van der Waals surface area contributed by atoms with Crippen LogP contribution in [0.25, 0.3) is 0 Å². The maximum absolute atomic E-state index is 6.06. The highest BCUT2D eigenvalue weighted by atomic mass is 15.2. The van der Waals surface area contributed by atoms with Crippen molar-refractivity contribution >= 4 is 0 Å². The van der Waals surface area contributed by atoms with Crippen LogP contribution >= 0.6 is 0 Å². The van der Waals surface area contributed by atoms with Crippen molar-refractivity contribution in [2.24, 2.45) is 5.73 Å². The van der Waals surface area contributed by atoms with Crippen LogP contribution in [0.2, 0.25) is 0 Å². The summed E-state index contributed by atoms with van der Waals surface area (Å²) in [5, 5.41) is 0. The fourth-order valence-corrected chi connectivity index (χ4v) is 2.07. The van der Waals surface area contributed by atoms with Crippen molar-refractivity contribution in [3.05, 3.63) is 34.9 Å². The molecule has 0 saturated heterocycles. The average Bonchev–Trinajstić information content (AvgIpc) is 2.62. The Morgan fingerprint density at radius 3 is 2.64 bits per heavy atom. The van der Waals surface area contributed by atoms with E-state index in [1.807, 2.05) is 19.0 Å². The lowest BCUT2D eigenvalue weighted by Gasteiger charge is -2.20. The van der Waals surface area contributed by atoms with Crippen LogP contribution in [-0.4, -0.2) is 19.0 Å². The molecule has 2 rings (SSSR count). The number of rotatable bonds is 2. The van der Waals surface area contributed by atoms with Gasteiger partial charge in [-0.05, 0) is 50.0 Å². The monoisotopic (exact) mass is 190 g/mol. The molecule has 0 amide bonds. The minimum Gasteiger partial charge on any atom is -0.312 e. The van der Waals surface area contributed by atoms with Gasteiger partial charge >= 0.3 is 0 Å². The highest BCUT2D eigenvalue weighted by molar-refractivity contribution is 5.36. The quantitative estimate of drug-likeness (QED) is 0.719. The van der Waals surface area contributed by atoms with Crippen molar-refractivity contribution in [2.45, 2.75) is 25.4 Å². The van der Waals surface area contributed by atoms with E-state index in [9.17, 15) is 0 Å². The second-order valence-corrected chi connectivity index (χ2v) is 4.29. The van der Waals surface area contributed by atoms with Gasteiger partial charge in [-0.25, -0.2) is 0 Å². The van der Waals surface area contributed by atoms with E-state index in [1.54, 1.807) is 0 Å². The van der Waals surface area contributed by atoms with Crippen LogP contribution < -0.4 is 5.73 Å². The van der Waals surface area contributed by atoms with Crippen molar-refractivity contribution in [3.8, 4) is 0 Å². The van der Waals surface area contributed by atoms with E-state index in [0.717, 1.165) is 0 Å². The van der Waals surface area contributed by atoms with E-state index in [-0.39, 0.29) is 6.17 Å². The first-order valence-corrected chi connectivity index (χ1v) is 5.22. The molecule has 1 aliphatic carbocycles. The van der Waals surface area contributed by atoms with Gasteiger partial charge in [-0.3, -0.25) is 4.90 Å². The predicted octanol–water partition coefficient (Wildman–Crippen LogP) is 1.69. The number of nitrogens with two attached hydrogens (primary N) is 1. The molecule has 14 heavy (non-hydrogen) atoms. The lowest BCUT2D eigenvalue weighted by molar-refractivity contribution is 0.307. The summed E-state index contributed by atoms with van der Waals surface area (Å²) in [5.41, 5.74) is 10.3. The number of aryl methyl sites for hydroxylation is 2. The van der Waals surface area contributed by atoms with Crippen LogP contribution in [0.3, 0.4) is 0 Å². The molecule has 2 nitrogen and oxygen atoms in total. The number of hydrogen-bond donors (Lipinski definition) is 1. The molecule has 0 bridgehead atoms. The van der Waals surface area contributed by atoms with Gasteiger partial charge < -0.3 is 5.73 Å². The normalized spacial score (nSPS) is 17.1. The second kappa shape index (κ2) is 3.71. The molecular formula is C12H18N2. The van der Waals surface area contributed by atoms with E-state index >= 15 is 0 Å². The molecule has 0 aliphatic heterocycles. The molecule has 1 aliphatic rings. The predicted molar refractivity (Wildman–Crippen MR) is 59.1 cm³/mol. The maximum atomic E-state index is 6.06. The van der Waals surface area contributed by atoms with E-state index in [0.29, 0.717) is 0 Å². The number of hydrogen-bond acceptors (Lipinski definition) is 2. The van der Waals surface area contributed by atoms with Crippen LogP contribution in [-0.2, 0) is 12.8 Å². The Balaban J connectivity index is 2.28. The van der Waals surface area contributed by atoms with Crippen molar-refractivity contribution in [1.82, 2.24) is 4.90 Å². The number of benzene rings is 1. The molecular weight excluding hydrogens is 172 g/mol. The first-order chi connectivity index (χ1) is 6.68. The van der Waals surface area contributed by atoms with E-state index in [2.05, 4.69) is 18.2 Å². The van der Waals surface area contributed by atoms with Crippen molar-refractivity contribution in [2.75, 3.05) is 14.1 Å². The number of fused-ring (bicyclic) bond motifs is 1. The Bertz CT molecular complexity index is 331. The van der Waals surface area contributed by atoms with Gasteiger partial charge in [-0.2, -0.15) is 0 Å². The van der Waals surface area contributed by atoms with Crippen LogP contribution in [0.1, 0.15) is 29.3 Å². The molecule has 1 unspecified atom stereocenters. The molecule has 2 heteroatoms. The molecule has 1 aromatic rings. The SMILES string of the molecule is CN(C)C(N)c1ccc2c(c1)CCC2. The third kappa shape index (κ3) is 1.68. The zero-order valence-electron chi connectivity index (χ0n) is 8.96. The summed E-state index contributed by atoms with van der Waals surface area (Å²) in [4.78, 5) is 2.04. The van der Waals surface area contributed by atoms with Gasteiger partial charge in [0, 0.05) is 0 Å². The van der Waals surface area contributed by atoms with Crippen LogP contribution in [0, 0.1) is 0 Å². The Morgan fingerprint density at radius 1 is 1.21 bits per heavy atom. The Kier molecular flexibility index (Phi) is 2.57. The third-order valence-corrected chi connectivity index (χ3v) is 3.02. The van der Waals surface area contributed by atoms with Crippen molar-refractivity contribution in [1.29, 1.82) is 0 Å². The third-order valence-electron chi connectivity index (χ3n) is 3.02. The highest BCUT2D eigenvalue weighted by Crippen LogP contribution is 2.25. The molecule has 1 aromatic carbocycles. The molecule has 0 spiro atoms.